The maximum Gasteiger partial charge on any atom is 0.0623 e. The van der Waals surface area contributed by atoms with E-state index in [0.717, 1.165) is 44.1 Å². The van der Waals surface area contributed by atoms with E-state index in [-0.39, 0.29) is 20.1 Å². The molecule has 0 fully saturated rings. The largest absolute Gasteiger partial charge is 0.305 e. The van der Waals surface area contributed by atoms with Crippen molar-refractivity contribution in [3.05, 3.63) is 134 Å². The molecule has 161 valence electrons. The molecule has 0 amide bonds. The molecule has 1 radical (unpaired) electrons. The van der Waals surface area contributed by atoms with Gasteiger partial charge in [0.05, 0.1) is 2.74 Å². The first kappa shape index (κ1) is 20.0. The summed E-state index contributed by atoms with van der Waals surface area (Å²) in [4.78, 5) is 8.53. The molecule has 0 N–H and O–H groups in total. The van der Waals surface area contributed by atoms with Gasteiger partial charge in [0.25, 0.3) is 0 Å². The van der Waals surface area contributed by atoms with E-state index >= 15 is 0 Å². The van der Waals surface area contributed by atoms with Crippen molar-refractivity contribution in [1.29, 1.82) is 0 Å². The van der Waals surface area contributed by atoms with E-state index in [2.05, 4.69) is 28.2 Å². The van der Waals surface area contributed by atoms with Gasteiger partial charge in [-0.2, -0.15) is 0 Å². The van der Waals surface area contributed by atoms with Crippen LogP contribution in [0.3, 0.4) is 0 Å². The molecule has 2 heterocycles. The van der Waals surface area contributed by atoms with Crippen LogP contribution in [0.2, 0.25) is 0 Å². The number of nitrogens with zero attached hydrogens (tertiary/aromatic N) is 2. The Morgan fingerprint density at radius 3 is 2.18 bits per heavy atom. The summed E-state index contributed by atoms with van der Waals surface area (Å²) in [6.07, 6.45) is 3.43. The molecule has 6 aromatic rings. The quantitative estimate of drug-likeness (QED) is 0.153. The average Bonchev–Trinajstić information content (AvgIpc) is 2.89. The van der Waals surface area contributed by atoms with Crippen molar-refractivity contribution in [3.8, 4) is 22.5 Å². The number of hydrogen-bond donors (Lipinski definition) is 0. The third kappa shape index (κ3) is 5.23. The van der Waals surface area contributed by atoms with Gasteiger partial charge in [-0.05, 0) is 28.9 Å². The van der Waals surface area contributed by atoms with Gasteiger partial charge < -0.3 is 9.97 Å². The van der Waals surface area contributed by atoms with E-state index in [1.807, 2.05) is 72.8 Å². The Kier molecular flexibility index (Phi) is 6.53. The summed E-state index contributed by atoms with van der Waals surface area (Å²) in [5.41, 5.74) is 3.66. The van der Waals surface area contributed by atoms with E-state index in [1.165, 1.54) is 0 Å². The number of fused-ring (bicyclic) bond motifs is 3. The van der Waals surface area contributed by atoms with E-state index in [9.17, 15) is 0 Å². The van der Waals surface area contributed by atoms with Crippen LogP contribution in [-0.2, 0) is 20.1 Å². The van der Waals surface area contributed by atoms with Crippen molar-refractivity contribution >= 4 is 21.5 Å². The van der Waals surface area contributed by atoms with Crippen molar-refractivity contribution in [2.45, 2.75) is 0 Å². The van der Waals surface area contributed by atoms with Crippen molar-refractivity contribution in [3.63, 3.8) is 0 Å². The molecule has 0 saturated heterocycles. The van der Waals surface area contributed by atoms with Gasteiger partial charge in [0.2, 0.25) is 0 Å². The molecule has 3 heteroatoms. The molecule has 0 aliphatic rings. The van der Waals surface area contributed by atoms with Gasteiger partial charge in [0, 0.05) is 32.5 Å². The van der Waals surface area contributed by atoms with E-state index in [1.54, 1.807) is 30.6 Å². The zero-order valence-electron chi connectivity index (χ0n) is 19.6. The first-order valence-corrected chi connectivity index (χ1v) is 10.3. The Labute approximate surface area is 210 Å². The molecule has 33 heavy (non-hydrogen) atoms. The number of hydrogen-bond acceptors (Lipinski definition) is 2. The molecule has 0 aliphatic carbocycles. The second-order valence-electron chi connectivity index (χ2n) is 7.19. The van der Waals surface area contributed by atoms with Crippen LogP contribution in [0.4, 0.5) is 0 Å². The first-order valence-electron chi connectivity index (χ1n) is 11.3. The third-order valence-electron chi connectivity index (χ3n) is 5.14. The fraction of sp³-hybridized carbons (Fsp3) is 0. The second-order valence-corrected chi connectivity index (χ2v) is 7.19. The van der Waals surface area contributed by atoms with Crippen LogP contribution in [0.15, 0.2) is 122 Å². The maximum atomic E-state index is 7.72. The van der Waals surface area contributed by atoms with Crippen LogP contribution in [0.25, 0.3) is 44.1 Å². The number of benzene rings is 4. The van der Waals surface area contributed by atoms with Crippen LogP contribution in [-0.4, -0.2) is 9.97 Å². The summed E-state index contributed by atoms with van der Waals surface area (Å²) in [5.74, 6) is 0. The van der Waals surface area contributed by atoms with Gasteiger partial charge in [0.1, 0.15) is 0 Å². The molecule has 6 rings (SSSR count). The minimum absolute atomic E-state index is 0. The molecule has 2 nitrogen and oxygen atoms in total. The van der Waals surface area contributed by atoms with Gasteiger partial charge in [-0.25, -0.2) is 0 Å². The summed E-state index contributed by atoms with van der Waals surface area (Å²) in [6.45, 7) is 0. The fourth-order valence-electron chi connectivity index (χ4n) is 3.58. The average molecular weight is 603 g/mol. The predicted molar refractivity (Wildman–Crippen MR) is 132 cm³/mol. The summed E-state index contributed by atoms with van der Waals surface area (Å²) in [5, 5.41) is 4.41. The third-order valence-corrected chi connectivity index (χ3v) is 5.14. The molecular weight excluding hydrogens is 581 g/mol. The van der Waals surface area contributed by atoms with Crippen LogP contribution in [0.5, 0.6) is 0 Å². The second kappa shape index (κ2) is 10.8. The summed E-state index contributed by atoms with van der Waals surface area (Å²) < 4.78 is 15.4. The predicted octanol–water partition coefficient (Wildman–Crippen LogP) is 7.40. The minimum Gasteiger partial charge on any atom is -0.305 e. The van der Waals surface area contributed by atoms with Gasteiger partial charge in [-0.15, -0.1) is 65.0 Å². The number of pyridine rings is 2. The molecule has 2 aromatic heterocycles. The van der Waals surface area contributed by atoms with E-state index in [4.69, 9.17) is 2.74 Å². The van der Waals surface area contributed by atoms with Crippen LogP contribution in [0, 0.1) is 12.1 Å². The SMILES string of the molecule is [2H]c1ccnc(-c2[c-]cc3c(ccc4cc([2H])ccc43)c2)c1.[Ir].[c-]1ccccc1-c1ccccn1. The zero-order chi connectivity index (χ0) is 23.3. The van der Waals surface area contributed by atoms with Crippen molar-refractivity contribution in [2.24, 2.45) is 0 Å². The molecular formula is C30H20IrN2-2. The molecule has 0 spiro atoms. The Morgan fingerprint density at radius 1 is 0.606 bits per heavy atom. The van der Waals surface area contributed by atoms with Crippen LogP contribution in [0.1, 0.15) is 2.74 Å². The fourth-order valence-corrected chi connectivity index (χ4v) is 3.58. The molecule has 0 aliphatic heterocycles. The smallest absolute Gasteiger partial charge is 0.0623 e. The molecule has 0 unspecified atom stereocenters. The molecule has 4 aromatic carbocycles. The topological polar surface area (TPSA) is 25.8 Å². The maximum absolute atomic E-state index is 7.72. The van der Waals surface area contributed by atoms with Crippen molar-refractivity contribution in [1.82, 2.24) is 9.97 Å². The Morgan fingerprint density at radius 2 is 1.39 bits per heavy atom. The summed E-state index contributed by atoms with van der Waals surface area (Å²) in [6, 6.07) is 38.2. The van der Waals surface area contributed by atoms with E-state index in [0.29, 0.717) is 12.1 Å². The molecule has 0 bridgehead atoms. The van der Waals surface area contributed by atoms with Gasteiger partial charge in [0.15, 0.2) is 0 Å². The standard InChI is InChI=1S/C19H12N.C11H8N.Ir/c1-2-6-17-14(5-1)8-9-15-13-16(10-11-18(15)17)19-7-3-4-12-20-19;1-2-6-10(7-3-1)11-8-4-5-9-12-11;/h1-9,11-13H;1-6,8-9H;/q2*-1;/i1D,3D;;. The summed E-state index contributed by atoms with van der Waals surface area (Å²) in [7, 11) is 0. The van der Waals surface area contributed by atoms with Crippen molar-refractivity contribution < 1.29 is 22.8 Å². The van der Waals surface area contributed by atoms with Gasteiger partial charge >= 0.3 is 0 Å². The number of rotatable bonds is 2. The van der Waals surface area contributed by atoms with Crippen molar-refractivity contribution in [2.75, 3.05) is 0 Å². The first-order chi connectivity index (χ1) is 16.7. The molecule has 0 atom stereocenters. The van der Waals surface area contributed by atoms with Crippen LogP contribution < -0.4 is 0 Å². The molecule has 0 saturated carbocycles. The Hall–Kier alpha value is -3.65. The van der Waals surface area contributed by atoms with Crippen LogP contribution >= 0.6 is 0 Å². The Balaban J connectivity index is 0.000000189. The normalized spacial score (nSPS) is 11.0. The zero-order valence-corrected chi connectivity index (χ0v) is 20.0. The Bertz CT molecular complexity index is 1530. The minimum atomic E-state index is 0. The van der Waals surface area contributed by atoms with Gasteiger partial charge in [-0.1, -0.05) is 71.4 Å². The monoisotopic (exact) mass is 603 g/mol. The summed E-state index contributed by atoms with van der Waals surface area (Å²) >= 11 is 0. The van der Waals surface area contributed by atoms with E-state index < -0.39 is 0 Å². The number of aromatic nitrogens is 2. The van der Waals surface area contributed by atoms with Gasteiger partial charge in [-0.3, -0.25) is 0 Å².